The van der Waals surface area contributed by atoms with Crippen molar-refractivity contribution in [1.82, 2.24) is 0 Å². The minimum Gasteiger partial charge on any atom is -0.393 e. The van der Waals surface area contributed by atoms with E-state index in [0.717, 1.165) is 26.1 Å². The van der Waals surface area contributed by atoms with Gasteiger partial charge in [0.25, 0.3) is 0 Å². The van der Waals surface area contributed by atoms with Crippen molar-refractivity contribution in [3.63, 3.8) is 0 Å². The molecule has 78 valence electrons. The molecule has 13 heavy (non-hydrogen) atoms. The summed E-state index contributed by atoms with van der Waals surface area (Å²) >= 11 is 0. The van der Waals surface area contributed by atoms with Gasteiger partial charge in [0.05, 0.1) is 6.10 Å². The Hall–Kier alpha value is -0.0800. The fraction of sp³-hybridized carbons (Fsp3) is 1.00. The molecule has 1 aliphatic rings. The molecule has 2 atom stereocenters. The van der Waals surface area contributed by atoms with Crippen molar-refractivity contribution in [3.8, 4) is 0 Å². The molecule has 2 nitrogen and oxygen atoms in total. The summed E-state index contributed by atoms with van der Waals surface area (Å²) < 4.78 is 5.28. The van der Waals surface area contributed by atoms with Gasteiger partial charge in [0, 0.05) is 13.2 Å². The van der Waals surface area contributed by atoms with Crippen LogP contribution in [0.4, 0.5) is 0 Å². The van der Waals surface area contributed by atoms with Crippen LogP contribution < -0.4 is 0 Å². The number of ether oxygens (including phenoxy) is 1. The van der Waals surface area contributed by atoms with Gasteiger partial charge in [-0.15, -0.1) is 0 Å². The molecular formula is C11H22O2. The van der Waals surface area contributed by atoms with Gasteiger partial charge in [-0.1, -0.05) is 20.8 Å². The van der Waals surface area contributed by atoms with E-state index in [0.29, 0.717) is 17.8 Å². The molecule has 1 N–H and O–H groups in total. The Morgan fingerprint density at radius 3 is 2.15 bits per heavy atom. The van der Waals surface area contributed by atoms with Gasteiger partial charge < -0.3 is 9.84 Å². The summed E-state index contributed by atoms with van der Waals surface area (Å²) in [5, 5.41) is 10.1. The van der Waals surface area contributed by atoms with Crippen LogP contribution in [0, 0.1) is 17.8 Å². The van der Waals surface area contributed by atoms with E-state index in [4.69, 9.17) is 4.74 Å². The smallest absolute Gasteiger partial charge is 0.0598 e. The quantitative estimate of drug-likeness (QED) is 0.731. The second kappa shape index (κ2) is 4.97. The largest absolute Gasteiger partial charge is 0.393 e. The van der Waals surface area contributed by atoms with Gasteiger partial charge in [0.1, 0.15) is 0 Å². The van der Waals surface area contributed by atoms with E-state index >= 15 is 0 Å². The third-order valence-corrected chi connectivity index (χ3v) is 3.34. The average molecular weight is 186 g/mol. The van der Waals surface area contributed by atoms with E-state index in [-0.39, 0.29) is 6.10 Å². The van der Waals surface area contributed by atoms with Crippen LogP contribution in [0.15, 0.2) is 0 Å². The highest BCUT2D eigenvalue weighted by molar-refractivity contribution is 4.77. The summed E-state index contributed by atoms with van der Waals surface area (Å²) in [6.45, 7) is 8.14. The zero-order valence-electron chi connectivity index (χ0n) is 8.99. The molecule has 1 saturated heterocycles. The molecule has 0 spiro atoms. The summed E-state index contributed by atoms with van der Waals surface area (Å²) in [5.74, 6) is 1.44. The standard InChI is InChI=1S/C11H22O2/c1-8(2)9(3)11(12)10-4-6-13-7-5-10/h8-12H,4-7H2,1-3H3. The molecule has 1 heterocycles. The molecular weight excluding hydrogens is 164 g/mol. The van der Waals surface area contributed by atoms with Crippen molar-refractivity contribution in [3.05, 3.63) is 0 Å². The first-order valence-corrected chi connectivity index (χ1v) is 5.38. The normalized spacial score (nSPS) is 24.7. The monoisotopic (exact) mass is 186 g/mol. The highest BCUT2D eigenvalue weighted by Crippen LogP contribution is 2.27. The van der Waals surface area contributed by atoms with Crippen LogP contribution in [-0.2, 0) is 4.74 Å². The number of hydrogen-bond donors (Lipinski definition) is 1. The van der Waals surface area contributed by atoms with E-state index < -0.39 is 0 Å². The number of rotatable bonds is 3. The molecule has 2 heteroatoms. The summed E-state index contributed by atoms with van der Waals surface area (Å²) in [5.41, 5.74) is 0. The lowest BCUT2D eigenvalue weighted by Gasteiger charge is -2.32. The third-order valence-electron chi connectivity index (χ3n) is 3.34. The minimum absolute atomic E-state index is 0.135. The molecule has 0 saturated carbocycles. The summed E-state index contributed by atoms with van der Waals surface area (Å²) in [6, 6.07) is 0. The molecule has 1 fully saturated rings. The van der Waals surface area contributed by atoms with Gasteiger partial charge in [-0.05, 0) is 30.6 Å². The predicted octanol–water partition coefficient (Wildman–Crippen LogP) is 2.07. The van der Waals surface area contributed by atoms with Crippen LogP contribution in [0.5, 0.6) is 0 Å². The maximum absolute atomic E-state index is 10.1. The lowest BCUT2D eigenvalue weighted by molar-refractivity contribution is -0.0229. The number of hydrogen-bond acceptors (Lipinski definition) is 2. The molecule has 0 bridgehead atoms. The summed E-state index contributed by atoms with van der Waals surface area (Å²) in [7, 11) is 0. The van der Waals surface area contributed by atoms with Gasteiger partial charge in [0.15, 0.2) is 0 Å². The van der Waals surface area contributed by atoms with Gasteiger partial charge in [-0.3, -0.25) is 0 Å². The first-order chi connectivity index (χ1) is 6.13. The molecule has 0 amide bonds. The van der Waals surface area contributed by atoms with Gasteiger partial charge in [0.2, 0.25) is 0 Å². The molecule has 2 unspecified atom stereocenters. The Morgan fingerprint density at radius 2 is 1.69 bits per heavy atom. The van der Waals surface area contributed by atoms with E-state index in [9.17, 15) is 5.11 Å². The molecule has 0 aliphatic carbocycles. The zero-order chi connectivity index (χ0) is 9.84. The van der Waals surface area contributed by atoms with Crippen LogP contribution in [0.2, 0.25) is 0 Å². The highest BCUT2D eigenvalue weighted by atomic mass is 16.5. The Bertz CT molecular complexity index is 139. The van der Waals surface area contributed by atoms with Crippen molar-refractivity contribution in [2.45, 2.75) is 39.7 Å². The van der Waals surface area contributed by atoms with Crippen molar-refractivity contribution in [2.24, 2.45) is 17.8 Å². The average Bonchev–Trinajstić information content (AvgIpc) is 2.17. The van der Waals surface area contributed by atoms with Gasteiger partial charge in [-0.25, -0.2) is 0 Å². The molecule has 1 aliphatic heterocycles. The zero-order valence-corrected chi connectivity index (χ0v) is 8.99. The van der Waals surface area contributed by atoms with Crippen molar-refractivity contribution >= 4 is 0 Å². The van der Waals surface area contributed by atoms with Crippen LogP contribution in [-0.4, -0.2) is 24.4 Å². The molecule has 1 rings (SSSR count). The second-order valence-electron chi connectivity index (χ2n) is 4.54. The molecule has 0 aromatic heterocycles. The topological polar surface area (TPSA) is 29.5 Å². The van der Waals surface area contributed by atoms with Crippen molar-refractivity contribution in [1.29, 1.82) is 0 Å². The van der Waals surface area contributed by atoms with Gasteiger partial charge >= 0.3 is 0 Å². The third kappa shape index (κ3) is 2.96. The Morgan fingerprint density at radius 1 is 1.15 bits per heavy atom. The predicted molar refractivity (Wildman–Crippen MR) is 53.6 cm³/mol. The lowest BCUT2D eigenvalue weighted by atomic mass is 9.81. The van der Waals surface area contributed by atoms with Gasteiger partial charge in [-0.2, -0.15) is 0 Å². The first kappa shape index (κ1) is 11.0. The van der Waals surface area contributed by atoms with Crippen LogP contribution in [0.3, 0.4) is 0 Å². The fourth-order valence-electron chi connectivity index (χ4n) is 1.88. The maximum Gasteiger partial charge on any atom is 0.0598 e. The Labute approximate surface area is 81.3 Å². The van der Waals surface area contributed by atoms with E-state index in [2.05, 4.69) is 20.8 Å². The summed E-state index contributed by atoms with van der Waals surface area (Å²) in [6.07, 6.45) is 1.92. The first-order valence-electron chi connectivity index (χ1n) is 5.38. The fourth-order valence-corrected chi connectivity index (χ4v) is 1.88. The highest BCUT2D eigenvalue weighted by Gasteiger charge is 2.27. The van der Waals surface area contributed by atoms with Crippen LogP contribution in [0.25, 0.3) is 0 Å². The maximum atomic E-state index is 10.1. The molecule has 0 aromatic carbocycles. The van der Waals surface area contributed by atoms with E-state index in [1.165, 1.54) is 0 Å². The van der Waals surface area contributed by atoms with Crippen molar-refractivity contribution in [2.75, 3.05) is 13.2 Å². The Balaban J connectivity index is 2.40. The number of aliphatic hydroxyl groups is 1. The SMILES string of the molecule is CC(C)C(C)C(O)C1CCOCC1. The molecule has 0 aromatic rings. The lowest BCUT2D eigenvalue weighted by Crippen LogP contribution is -2.34. The second-order valence-corrected chi connectivity index (χ2v) is 4.54. The minimum atomic E-state index is -0.135. The van der Waals surface area contributed by atoms with E-state index in [1.807, 2.05) is 0 Å². The number of aliphatic hydroxyl groups excluding tert-OH is 1. The van der Waals surface area contributed by atoms with E-state index in [1.54, 1.807) is 0 Å². The van der Waals surface area contributed by atoms with Crippen LogP contribution >= 0.6 is 0 Å². The van der Waals surface area contributed by atoms with Crippen molar-refractivity contribution < 1.29 is 9.84 Å². The Kier molecular flexibility index (Phi) is 4.20. The molecule has 0 radical (unpaired) electrons. The van der Waals surface area contributed by atoms with Crippen LogP contribution in [0.1, 0.15) is 33.6 Å². The summed E-state index contributed by atoms with van der Waals surface area (Å²) in [4.78, 5) is 0.